The third-order valence-electron chi connectivity index (χ3n) is 4.79. The highest BCUT2D eigenvalue weighted by molar-refractivity contribution is 7.86. The second-order valence-electron chi connectivity index (χ2n) is 8.53. The van der Waals surface area contributed by atoms with E-state index in [9.17, 15) is 22.8 Å². The summed E-state index contributed by atoms with van der Waals surface area (Å²) in [5, 5.41) is 2.69. The van der Waals surface area contributed by atoms with Gasteiger partial charge >= 0.3 is 12.1 Å². The Morgan fingerprint density at radius 1 is 1.30 bits per heavy atom. The Bertz CT molecular complexity index is 819. The molecule has 0 spiro atoms. The Labute approximate surface area is 177 Å². The van der Waals surface area contributed by atoms with Crippen LogP contribution in [-0.4, -0.2) is 74.0 Å². The number of carbonyl (C=O) groups is 3. The van der Waals surface area contributed by atoms with Crippen molar-refractivity contribution in [3.05, 3.63) is 12.7 Å². The summed E-state index contributed by atoms with van der Waals surface area (Å²) in [5.74, 6) is -1.48. The van der Waals surface area contributed by atoms with E-state index in [-0.39, 0.29) is 25.5 Å². The SMILES string of the molecule is C=C[C@@H]1C[C@]1(NC(=O)[C@@H]1CC(OS(C)(=O)=O)CN1C(=O)OC(C)(C)C)C(=O)OCC. The van der Waals surface area contributed by atoms with Gasteiger partial charge < -0.3 is 14.8 Å². The molecule has 1 heterocycles. The van der Waals surface area contributed by atoms with Gasteiger partial charge in [-0.25, -0.2) is 9.59 Å². The van der Waals surface area contributed by atoms with E-state index in [2.05, 4.69) is 11.9 Å². The normalized spacial score (nSPS) is 28.6. The lowest BCUT2D eigenvalue weighted by Crippen LogP contribution is -2.53. The fourth-order valence-electron chi connectivity index (χ4n) is 3.45. The highest BCUT2D eigenvalue weighted by Crippen LogP contribution is 2.45. The molecule has 0 aromatic heterocycles. The van der Waals surface area contributed by atoms with Crippen LogP contribution in [0.15, 0.2) is 12.7 Å². The van der Waals surface area contributed by atoms with E-state index in [1.807, 2.05) is 0 Å². The van der Waals surface area contributed by atoms with Crippen molar-refractivity contribution in [2.24, 2.45) is 5.92 Å². The average molecular weight is 447 g/mol. The van der Waals surface area contributed by atoms with Gasteiger partial charge in [0.15, 0.2) is 0 Å². The molecule has 10 nitrogen and oxygen atoms in total. The summed E-state index contributed by atoms with van der Waals surface area (Å²) in [4.78, 5) is 39.2. The van der Waals surface area contributed by atoms with Crippen LogP contribution in [0.3, 0.4) is 0 Å². The van der Waals surface area contributed by atoms with Crippen LogP contribution in [0, 0.1) is 5.92 Å². The minimum Gasteiger partial charge on any atom is -0.464 e. The van der Waals surface area contributed by atoms with E-state index in [1.165, 1.54) is 0 Å². The van der Waals surface area contributed by atoms with E-state index in [0.717, 1.165) is 11.2 Å². The van der Waals surface area contributed by atoms with Crippen LogP contribution in [0.1, 0.15) is 40.5 Å². The quantitative estimate of drug-likeness (QED) is 0.348. The molecule has 0 aromatic rings. The molecule has 2 aliphatic rings. The van der Waals surface area contributed by atoms with Gasteiger partial charge in [-0.15, -0.1) is 6.58 Å². The van der Waals surface area contributed by atoms with Gasteiger partial charge in [0.1, 0.15) is 17.2 Å². The predicted octanol–water partition coefficient (Wildman–Crippen LogP) is 0.965. The van der Waals surface area contributed by atoms with Crippen LogP contribution in [0.5, 0.6) is 0 Å². The molecule has 11 heteroatoms. The first kappa shape index (κ1) is 24.1. The maximum atomic E-state index is 13.1. The molecule has 0 bridgehead atoms. The fourth-order valence-corrected chi connectivity index (χ4v) is 4.08. The Morgan fingerprint density at radius 2 is 1.93 bits per heavy atom. The molecule has 1 aliphatic carbocycles. The number of hydrogen-bond donors (Lipinski definition) is 1. The van der Waals surface area contributed by atoms with Crippen molar-refractivity contribution in [3.8, 4) is 0 Å². The van der Waals surface area contributed by atoms with Crippen LogP contribution in [0.4, 0.5) is 4.79 Å². The lowest BCUT2D eigenvalue weighted by atomic mass is 10.1. The topological polar surface area (TPSA) is 128 Å². The molecule has 30 heavy (non-hydrogen) atoms. The van der Waals surface area contributed by atoms with Crippen LogP contribution >= 0.6 is 0 Å². The first-order valence-electron chi connectivity index (χ1n) is 9.72. The lowest BCUT2D eigenvalue weighted by Gasteiger charge is -2.29. The zero-order chi connectivity index (χ0) is 22.9. The third kappa shape index (κ3) is 5.72. The van der Waals surface area contributed by atoms with Crippen LogP contribution in [0.25, 0.3) is 0 Å². The molecule has 1 aliphatic heterocycles. The maximum absolute atomic E-state index is 13.1. The highest BCUT2D eigenvalue weighted by Gasteiger charge is 2.62. The van der Waals surface area contributed by atoms with Gasteiger partial charge in [0.05, 0.1) is 25.5 Å². The van der Waals surface area contributed by atoms with E-state index in [1.54, 1.807) is 33.8 Å². The second-order valence-corrected chi connectivity index (χ2v) is 10.1. The van der Waals surface area contributed by atoms with Gasteiger partial charge in [-0.1, -0.05) is 6.08 Å². The monoisotopic (exact) mass is 446 g/mol. The van der Waals surface area contributed by atoms with Crippen LogP contribution in [-0.2, 0) is 33.4 Å². The predicted molar refractivity (Wildman–Crippen MR) is 107 cm³/mol. The third-order valence-corrected chi connectivity index (χ3v) is 5.41. The molecule has 2 rings (SSSR count). The summed E-state index contributed by atoms with van der Waals surface area (Å²) in [5.41, 5.74) is -2.05. The van der Waals surface area contributed by atoms with Crippen molar-refractivity contribution in [1.82, 2.24) is 10.2 Å². The van der Waals surface area contributed by atoms with Gasteiger partial charge in [-0.3, -0.25) is 13.9 Å². The van der Waals surface area contributed by atoms with Gasteiger partial charge in [-0.05, 0) is 34.1 Å². The van der Waals surface area contributed by atoms with E-state index >= 15 is 0 Å². The summed E-state index contributed by atoms with van der Waals surface area (Å²) in [6, 6.07) is -1.07. The standard InChI is InChI=1S/C19H30N2O8S/c1-7-12-10-19(12,16(23)27-8-2)20-15(22)14-9-13(29-30(6,25)26)11-21(14)17(24)28-18(3,4)5/h7,12-14H,1,8-11H2,2-6H3,(H,20,22)/t12-,13?,14+,19-/m1/s1. The van der Waals surface area contributed by atoms with Crippen LogP contribution in [0.2, 0.25) is 0 Å². The number of carbonyl (C=O) groups excluding carboxylic acids is 3. The van der Waals surface area contributed by atoms with Gasteiger partial charge in [0, 0.05) is 12.3 Å². The summed E-state index contributed by atoms with van der Waals surface area (Å²) in [6.07, 6.45) is 1.05. The summed E-state index contributed by atoms with van der Waals surface area (Å²) in [7, 11) is -3.80. The summed E-state index contributed by atoms with van der Waals surface area (Å²) in [6.45, 7) is 10.4. The molecule has 1 saturated carbocycles. The minimum absolute atomic E-state index is 0.0597. The van der Waals surface area contributed by atoms with E-state index in [4.69, 9.17) is 13.7 Å². The van der Waals surface area contributed by atoms with Crippen LogP contribution < -0.4 is 5.32 Å². The Morgan fingerprint density at radius 3 is 2.40 bits per heavy atom. The Balaban J connectivity index is 2.23. The van der Waals surface area contributed by atoms with E-state index in [0.29, 0.717) is 6.42 Å². The minimum atomic E-state index is -3.80. The Kier molecular flexibility index (Phi) is 6.87. The number of amides is 2. The number of likely N-dealkylation sites (tertiary alicyclic amines) is 1. The smallest absolute Gasteiger partial charge is 0.411 e. The first-order valence-corrected chi connectivity index (χ1v) is 11.5. The molecule has 1 unspecified atom stereocenters. The largest absolute Gasteiger partial charge is 0.464 e. The number of esters is 1. The molecular weight excluding hydrogens is 416 g/mol. The fraction of sp³-hybridized carbons (Fsp3) is 0.737. The number of hydrogen-bond acceptors (Lipinski definition) is 8. The molecule has 170 valence electrons. The van der Waals surface area contributed by atoms with Crippen molar-refractivity contribution in [2.75, 3.05) is 19.4 Å². The lowest BCUT2D eigenvalue weighted by molar-refractivity contribution is -0.149. The molecule has 1 saturated heterocycles. The Hall–Kier alpha value is -2.14. The molecule has 1 N–H and O–H groups in total. The van der Waals surface area contributed by atoms with Gasteiger partial charge in [0.2, 0.25) is 5.91 Å². The average Bonchev–Trinajstić information content (AvgIpc) is 3.13. The highest BCUT2D eigenvalue weighted by atomic mass is 32.2. The second kappa shape index (κ2) is 8.54. The number of nitrogens with zero attached hydrogens (tertiary/aromatic N) is 1. The zero-order valence-electron chi connectivity index (χ0n) is 18.0. The van der Waals surface area contributed by atoms with E-state index < -0.39 is 51.4 Å². The number of ether oxygens (including phenoxy) is 2. The molecule has 0 aromatic carbocycles. The molecule has 2 amide bonds. The van der Waals surface area contributed by atoms with Crippen molar-refractivity contribution in [1.29, 1.82) is 0 Å². The van der Waals surface area contributed by atoms with Crippen molar-refractivity contribution >= 4 is 28.1 Å². The van der Waals surface area contributed by atoms with Crippen molar-refractivity contribution < 1.29 is 36.5 Å². The zero-order valence-corrected chi connectivity index (χ0v) is 18.8. The van der Waals surface area contributed by atoms with Crippen molar-refractivity contribution in [3.63, 3.8) is 0 Å². The van der Waals surface area contributed by atoms with Gasteiger partial charge in [-0.2, -0.15) is 8.42 Å². The molecule has 0 radical (unpaired) electrons. The number of nitrogens with one attached hydrogen (secondary N) is 1. The molecule has 2 fully saturated rings. The first-order chi connectivity index (χ1) is 13.7. The number of rotatable bonds is 7. The maximum Gasteiger partial charge on any atom is 0.411 e. The summed E-state index contributed by atoms with van der Waals surface area (Å²) >= 11 is 0. The molecular formula is C19H30N2O8S. The summed E-state index contributed by atoms with van der Waals surface area (Å²) < 4.78 is 38.5. The van der Waals surface area contributed by atoms with Crippen molar-refractivity contribution in [2.45, 2.75) is 63.8 Å². The molecule has 4 atom stereocenters. The van der Waals surface area contributed by atoms with Gasteiger partial charge in [0.25, 0.3) is 10.1 Å².